The summed E-state index contributed by atoms with van der Waals surface area (Å²) in [6, 6.07) is -1.39. The highest BCUT2D eigenvalue weighted by Gasteiger charge is 2.39. The molecule has 5 nitrogen and oxygen atoms in total. The van der Waals surface area contributed by atoms with Gasteiger partial charge in [-0.3, -0.25) is 4.79 Å². The van der Waals surface area contributed by atoms with Gasteiger partial charge in [-0.2, -0.15) is 0 Å². The van der Waals surface area contributed by atoms with Crippen molar-refractivity contribution in [1.29, 1.82) is 0 Å². The molecule has 92 valence electrons. The van der Waals surface area contributed by atoms with Crippen molar-refractivity contribution in [2.24, 2.45) is 11.1 Å². The zero-order valence-corrected chi connectivity index (χ0v) is 10.6. The van der Waals surface area contributed by atoms with Crippen molar-refractivity contribution in [1.82, 2.24) is 4.90 Å². The average molecular weight is 246 g/mol. The largest absolute Gasteiger partial charge is 0.480 e. The molecule has 1 aliphatic heterocycles. The molecule has 16 heavy (non-hydrogen) atoms. The highest BCUT2D eigenvalue weighted by molar-refractivity contribution is 7.99. The minimum atomic E-state index is -0.959. The third-order valence-electron chi connectivity index (χ3n) is 2.65. The van der Waals surface area contributed by atoms with E-state index in [2.05, 4.69) is 0 Å². The minimum absolute atomic E-state index is 0.273. The van der Waals surface area contributed by atoms with Crippen LogP contribution in [-0.4, -0.2) is 45.6 Å². The van der Waals surface area contributed by atoms with Crippen LogP contribution < -0.4 is 5.73 Å². The van der Waals surface area contributed by atoms with Crippen LogP contribution in [0.15, 0.2) is 0 Å². The number of aliphatic carboxylic acids is 1. The zero-order valence-electron chi connectivity index (χ0n) is 9.77. The van der Waals surface area contributed by atoms with E-state index >= 15 is 0 Å². The summed E-state index contributed by atoms with van der Waals surface area (Å²) in [5.41, 5.74) is 5.49. The summed E-state index contributed by atoms with van der Waals surface area (Å²) in [4.78, 5) is 24.3. The predicted molar refractivity (Wildman–Crippen MR) is 63.0 cm³/mol. The fourth-order valence-corrected chi connectivity index (χ4v) is 2.57. The van der Waals surface area contributed by atoms with Gasteiger partial charge in [0.25, 0.3) is 0 Å². The summed E-state index contributed by atoms with van der Waals surface area (Å²) in [6.45, 7) is 5.61. The molecule has 1 amide bonds. The lowest BCUT2D eigenvalue weighted by molar-refractivity contribution is -0.149. The molecule has 1 fully saturated rings. The first-order chi connectivity index (χ1) is 7.25. The molecule has 0 aliphatic carbocycles. The molecule has 1 heterocycles. The van der Waals surface area contributed by atoms with E-state index in [-0.39, 0.29) is 11.3 Å². The molecule has 0 saturated carbocycles. The molecule has 6 heteroatoms. The van der Waals surface area contributed by atoms with E-state index in [1.807, 2.05) is 20.8 Å². The Morgan fingerprint density at radius 1 is 1.50 bits per heavy atom. The van der Waals surface area contributed by atoms with Crippen molar-refractivity contribution < 1.29 is 14.7 Å². The first kappa shape index (κ1) is 13.3. The number of thioether (sulfide) groups is 1. The Balaban J connectivity index is 2.77. The summed E-state index contributed by atoms with van der Waals surface area (Å²) in [7, 11) is 0. The lowest BCUT2D eigenvalue weighted by Crippen LogP contribution is -2.53. The second kappa shape index (κ2) is 4.63. The molecule has 0 bridgehead atoms. The second-order valence-corrected chi connectivity index (χ2v) is 6.01. The topological polar surface area (TPSA) is 83.6 Å². The number of rotatable bonds is 2. The van der Waals surface area contributed by atoms with Gasteiger partial charge < -0.3 is 15.7 Å². The first-order valence-electron chi connectivity index (χ1n) is 5.11. The maximum Gasteiger partial charge on any atom is 0.327 e. The van der Waals surface area contributed by atoms with Gasteiger partial charge in [0.15, 0.2) is 0 Å². The van der Waals surface area contributed by atoms with Crippen LogP contribution in [-0.2, 0) is 9.59 Å². The molecular weight excluding hydrogens is 228 g/mol. The molecule has 0 spiro atoms. The molecule has 0 aromatic rings. The SMILES string of the molecule is CC(C)(C)[C@@H](N)C(=O)N1CSC[C@H]1C(=O)O. The van der Waals surface area contributed by atoms with Gasteiger partial charge in [0.2, 0.25) is 5.91 Å². The molecule has 1 rings (SSSR count). The second-order valence-electron chi connectivity index (χ2n) is 5.01. The Morgan fingerprint density at radius 2 is 2.06 bits per heavy atom. The van der Waals surface area contributed by atoms with E-state index in [0.29, 0.717) is 11.6 Å². The highest BCUT2D eigenvalue weighted by atomic mass is 32.2. The van der Waals surface area contributed by atoms with E-state index in [0.717, 1.165) is 0 Å². The van der Waals surface area contributed by atoms with Gasteiger partial charge in [-0.25, -0.2) is 4.79 Å². The Hall–Kier alpha value is -0.750. The average Bonchev–Trinajstić information content (AvgIpc) is 2.62. The molecule has 1 saturated heterocycles. The molecular formula is C10H18N2O3S. The van der Waals surface area contributed by atoms with Crippen LogP contribution in [0, 0.1) is 5.41 Å². The standard InChI is InChI=1S/C10H18N2O3S/c1-10(2,3)7(11)8(13)12-5-16-4-6(12)9(14)15/h6-7H,4-5,11H2,1-3H3,(H,14,15)/t6-,7-/m0/s1. The maximum atomic E-state index is 12.0. The third-order valence-corrected chi connectivity index (χ3v) is 3.66. The molecule has 1 aliphatic rings. The van der Waals surface area contributed by atoms with E-state index < -0.39 is 18.1 Å². The van der Waals surface area contributed by atoms with E-state index in [1.54, 1.807) is 0 Å². The van der Waals surface area contributed by atoms with Crippen LogP contribution in [0.3, 0.4) is 0 Å². The summed E-state index contributed by atoms with van der Waals surface area (Å²) in [6.07, 6.45) is 0. The lowest BCUT2D eigenvalue weighted by atomic mass is 9.86. The summed E-state index contributed by atoms with van der Waals surface area (Å²) >= 11 is 1.44. The van der Waals surface area contributed by atoms with Crippen LogP contribution in [0.5, 0.6) is 0 Å². The molecule has 0 aromatic heterocycles. The van der Waals surface area contributed by atoms with Gasteiger partial charge in [0.1, 0.15) is 6.04 Å². The van der Waals surface area contributed by atoms with Gasteiger partial charge >= 0.3 is 5.97 Å². The van der Waals surface area contributed by atoms with Gasteiger partial charge in [0, 0.05) is 5.75 Å². The van der Waals surface area contributed by atoms with Crippen molar-refractivity contribution in [3.05, 3.63) is 0 Å². The normalized spacial score (nSPS) is 23.2. The fourth-order valence-electron chi connectivity index (χ4n) is 1.41. The van der Waals surface area contributed by atoms with Gasteiger partial charge in [0.05, 0.1) is 11.9 Å². The van der Waals surface area contributed by atoms with Crippen molar-refractivity contribution in [3.8, 4) is 0 Å². The van der Waals surface area contributed by atoms with E-state index in [1.165, 1.54) is 16.7 Å². The number of nitrogens with zero attached hydrogens (tertiary/aromatic N) is 1. The predicted octanol–water partition coefficient (Wildman–Crippen LogP) is 0.346. The number of carboxylic acid groups (broad SMARTS) is 1. The summed E-state index contributed by atoms with van der Waals surface area (Å²) < 4.78 is 0. The van der Waals surface area contributed by atoms with Crippen LogP contribution in [0.4, 0.5) is 0 Å². The Morgan fingerprint density at radius 3 is 2.50 bits per heavy atom. The number of hydrogen-bond acceptors (Lipinski definition) is 4. The number of carboxylic acids is 1. The Bertz CT molecular complexity index is 301. The number of carbonyl (C=O) groups excluding carboxylic acids is 1. The smallest absolute Gasteiger partial charge is 0.327 e. The first-order valence-corrected chi connectivity index (χ1v) is 6.27. The van der Waals surface area contributed by atoms with Gasteiger partial charge in [-0.1, -0.05) is 20.8 Å². The van der Waals surface area contributed by atoms with Crippen molar-refractivity contribution in [3.63, 3.8) is 0 Å². The lowest BCUT2D eigenvalue weighted by Gasteiger charge is -2.31. The zero-order chi connectivity index (χ0) is 12.5. The highest BCUT2D eigenvalue weighted by Crippen LogP contribution is 2.25. The van der Waals surface area contributed by atoms with Gasteiger partial charge in [-0.05, 0) is 5.41 Å². The molecule has 0 unspecified atom stereocenters. The summed E-state index contributed by atoms with van der Waals surface area (Å²) in [5, 5.41) is 8.97. The van der Waals surface area contributed by atoms with Crippen molar-refractivity contribution in [2.45, 2.75) is 32.9 Å². The monoisotopic (exact) mass is 246 g/mol. The number of amides is 1. The van der Waals surface area contributed by atoms with Crippen LogP contribution in [0.25, 0.3) is 0 Å². The molecule has 0 radical (unpaired) electrons. The minimum Gasteiger partial charge on any atom is -0.480 e. The van der Waals surface area contributed by atoms with Crippen molar-refractivity contribution >= 4 is 23.6 Å². The Kier molecular flexibility index (Phi) is 3.85. The third kappa shape index (κ3) is 2.68. The van der Waals surface area contributed by atoms with Gasteiger partial charge in [-0.15, -0.1) is 11.8 Å². The van der Waals surface area contributed by atoms with E-state index in [9.17, 15) is 9.59 Å². The molecule has 3 N–H and O–H groups in total. The quantitative estimate of drug-likeness (QED) is 0.734. The molecule has 0 aromatic carbocycles. The van der Waals surface area contributed by atoms with Crippen LogP contribution >= 0.6 is 11.8 Å². The fraction of sp³-hybridized carbons (Fsp3) is 0.800. The number of carbonyl (C=O) groups is 2. The van der Waals surface area contributed by atoms with Crippen LogP contribution in [0.2, 0.25) is 0 Å². The van der Waals surface area contributed by atoms with Crippen LogP contribution in [0.1, 0.15) is 20.8 Å². The Labute approximate surface area is 99.4 Å². The number of nitrogens with two attached hydrogens (primary N) is 1. The molecule has 2 atom stereocenters. The number of hydrogen-bond donors (Lipinski definition) is 2. The van der Waals surface area contributed by atoms with E-state index in [4.69, 9.17) is 10.8 Å². The van der Waals surface area contributed by atoms with Crippen molar-refractivity contribution in [2.75, 3.05) is 11.6 Å². The summed E-state index contributed by atoms with van der Waals surface area (Å²) in [5.74, 6) is -0.373. The maximum absolute atomic E-state index is 12.0.